The van der Waals surface area contributed by atoms with Crippen LogP contribution >= 0.6 is 0 Å². The Balaban J connectivity index is 2.28. The van der Waals surface area contributed by atoms with E-state index in [-0.39, 0.29) is 5.91 Å². The molecular weight excluding hydrogens is 212 g/mol. The summed E-state index contributed by atoms with van der Waals surface area (Å²) >= 11 is 0. The molecule has 0 unspecified atom stereocenters. The molecule has 1 aromatic carbocycles. The molecule has 1 aliphatic heterocycles. The molecule has 1 aromatic rings. The molecule has 2 rings (SSSR count). The van der Waals surface area contributed by atoms with Crippen molar-refractivity contribution in [3.05, 3.63) is 29.3 Å². The second-order valence-electron chi connectivity index (χ2n) is 4.16. The molecule has 0 bridgehead atoms. The number of hydrogen-bond acceptors (Lipinski definition) is 2. The number of aryl methyl sites for hydroxylation is 1. The average molecular weight is 228 g/mol. The molecule has 1 saturated heterocycles. The molecule has 1 fully saturated rings. The number of anilines is 1. The van der Waals surface area contributed by atoms with Gasteiger partial charge in [0, 0.05) is 24.2 Å². The molecule has 0 atom stereocenters. The van der Waals surface area contributed by atoms with Crippen LogP contribution in [0.1, 0.15) is 24.0 Å². The first kappa shape index (κ1) is 11.7. The number of rotatable bonds is 1. The van der Waals surface area contributed by atoms with Gasteiger partial charge < -0.3 is 10.6 Å². The van der Waals surface area contributed by atoms with E-state index in [1.54, 1.807) is 0 Å². The van der Waals surface area contributed by atoms with E-state index in [4.69, 9.17) is 5.73 Å². The maximum absolute atomic E-state index is 11.7. The van der Waals surface area contributed by atoms with Crippen LogP contribution in [-0.2, 0) is 4.79 Å². The van der Waals surface area contributed by atoms with Gasteiger partial charge in [0.2, 0.25) is 5.91 Å². The van der Waals surface area contributed by atoms with E-state index in [0.29, 0.717) is 13.0 Å². The number of amides is 1. The molecule has 1 aliphatic rings. The van der Waals surface area contributed by atoms with Gasteiger partial charge in [-0.1, -0.05) is 11.8 Å². The molecule has 0 aliphatic carbocycles. The first-order chi connectivity index (χ1) is 8.22. The smallest absolute Gasteiger partial charge is 0.227 e. The Morgan fingerprint density at radius 3 is 2.88 bits per heavy atom. The lowest BCUT2D eigenvalue weighted by molar-refractivity contribution is -0.117. The number of nitrogens with zero attached hydrogens (tertiary/aromatic N) is 1. The van der Waals surface area contributed by atoms with E-state index in [0.717, 1.165) is 29.8 Å². The number of carbonyl (C=O) groups is 1. The van der Waals surface area contributed by atoms with E-state index in [9.17, 15) is 4.79 Å². The van der Waals surface area contributed by atoms with Gasteiger partial charge in [0.1, 0.15) is 0 Å². The van der Waals surface area contributed by atoms with E-state index >= 15 is 0 Å². The van der Waals surface area contributed by atoms with Crippen molar-refractivity contribution in [3.8, 4) is 11.8 Å². The third-order valence-electron chi connectivity index (χ3n) is 2.90. The second kappa shape index (κ2) is 5.03. The van der Waals surface area contributed by atoms with Crippen LogP contribution in [0.15, 0.2) is 18.2 Å². The van der Waals surface area contributed by atoms with Crippen molar-refractivity contribution < 1.29 is 4.79 Å². The summed E-state index contributed by atoms with van der Waals surface area (Å²) in [6.07, 6.45) is 1.61. The number of carbonyl (C=O) groups excluding carboxylic acids is 1. The Bertz CT molecular complexity index is 497. The standard InChI is InChI=1S/C14H16N2O/c1-11-10-12(4-2-8-15)6-7-13(11)16-9-3-5-14(16)17/h6-7,10H,3,5,8-9,15H2,1H3. The third kappa shape index (κ3) is 2.48. The maximum Gasteiger partial charge on any atom is 0.227 e. The highest BCUT2D eigenvalue weighted by Crippen LogP contribution is 2.25. The Hall–Kier alpha value is -1.79. The van der Waals surface area contributed by atoms with Crippen molar-refractivity contribution in [2.45, 2.75) is 19.8 Å². The first-order valence-electron chi connectivity index (χ1n) is 5.82. The second-order valence-corrected chi connectivity index (χ2v) is 4.16. The summed E-state index contributed by atoms with van der Waals surface area (Å²) in [7, 11) is 0. The summed E-state index contributed by atoms with van der Waals surface area (Å²) in [6.45, 7) is 3.20. The predicted octanol–water partition coefficient (Wildman–Crippen LogP) is 1.43. The Morgan fingerprint density at radius 1 is 1.47 bits per heavy atom. The van der Waals surface area contributed by atoms with Gasteiger partial charge in [-0.15, -0.1) is 0 Å². The quantitative estimate of drug-likeness (QED) is 0.739. The Labute approximate surface area is 102 Å². The molecule has 1 heterocycles. The van der Waals surface area contributed by atoms with Gasteiger partial charge in [0.15, 0.2) is 0 Å². The minimum absolute atomic E-state index is 0.217. The lowest BCUT2D eigenvalue weighted by atomic mass is 10.1. The van der Waals surface area contributed by atoms with Crippen molar-refractivity contribution >= 4 is 11.6 Å². The summed E-state index contributed by atoms with van der Waals surface area (Å²) in [5.74, 6) is 6.04. The molecule has 3 nitrogen and oxygen atoms in total. The number of hydrogen-bond donors (Lipinski definition) is 1. The van der Waals surface area contributed by atoms with Crippen molar-refractivity contribution in [3.63, 3.8) is 0 Å². The van der Waals surface area contributed by atoms with Gasteiger partial charge in [-0.05, 0) is 37.1 Å². The number of nitrogens with two attached hydrogens (primary N) is 1. The molecule has 88 valence electrons. The van der Waals surface area contributed by atoms with Crippen LogP contribution in [0.4, 0.5) is 5.69 Å². The minimum atomic E-state index is 0.217. The Kier molecular flexibility index (Phi) is 3.46. The van der Waals surface area contributed by atoms with Crippen LogP contribution in [0.2, 0.25) is 0 Å². The lowest BCUT2D eigenvalue weighted by Gasteiger charge is -2.18. The van der Waals surface area contributed by atoms with Crippen molar-refractivity contribution in [1.82, 2.24) is 0 Å². The van der Waals surface area contributed by atoms with Crippen LogP contribution < -0.4 is 10.6 Å². The van der Waals surface area contributed by atoms with Gasteiger partial charge in [-0.3, -0.25) is 4.79 Å². The van der Waals surface area contributed by atoms with Gasteiger partial charge >= 0.3 is 0 Å². The summed E-state index contributed by atoms with van der Waals surface area (Å²) in [5.41, 5.74) is 8.38. The SMILES string of the molecule is Cc1cc(C#CCN)ccc1N1CCCC1=O. The molecule has 0 saturated carbocycles. The number of benzene rings is 1. The fourth-order valence-corrected chi connectivity index (χ4v) is 2.09. The monoisotopic (exact) mass is 228 g/mol. The molecule has 0 spiro atoms. The molecule has 17 heavy (non-hydrogen) atoms. The van der Waals surface area contributed by atoms with Crippen molar-refractivity contribution in [1.29, 1.82) is 0 Å². The topological polar surface area (TPSA) is 46.3 Å². The van der Waals surface area contributed by atoms with Gasteiger partial charge in [0.05, 0.1) is 6.54 Å². The third-order valence-corrected chi connectivity index (χ3v) is 2.90. The average Bonchev–Trinajstić information content (AvgIpc) is 2.73. The van der Waals surface area contributed by atoms with Crippen LogP contribution in [-0.4, -0.2) is 19.0 Å². The zero-order chi connectivity index (χ0) is 12.3. The normalized spacial score (nSPS) is 14.7. The summed E-state index contributed by atoms with van der Waals surface area (Å²) in [4.78, 5) is 13.5. The minimum Gasteiger partial charge on any atom is -0.320 e. The molecule has 0 radical (unpaired) electrons. The molecule has 3 heteroatoms. The summed E-state index contributed by atoms with van der Waals surface area (Å²) in [5, 5.41) is 0. The highest BCUT2D eigenvalue weighted by atomic mass is 16.2. The zero-order valence-electron chi connectivity index (χ0n) is 9.99. The summed E-state index contributed by atoms with van der Waals surface area (Å²) in [6, 6.07) is 5.92. The molecular formula is C14H16N2O. The van der Waals surface area contributed by atoms with E-state index in [2.05, 4.69) is 11.8 Å². The molecule has 2 N–H and O–H groups in total. The van der Waals surface area contributed by atoms with E-state index < -0.39 is 0 Å². The van der Waals surface area contributed by atoms with Crippen LogP contribution in [0.3, 0.4) is 0 Å². The highest BCUT2D eigenvalue weighted by Gasteiger charge is 2.22. The molecule has 1 amide bonds. The largest absolute Gasteiger partial charge is 0.320 e. The van der Waals surface area contributed by atoms with Crippen LogP contribution in [0.25, 0.3) is 0 Å². The van der Waals surface area contributed by atoms with E-state index in [1.165, 1.54) is 0 Å². The maximum atomic E-state index is 11.7. The highest BCUT2D eigenvalue weighted by molar-refractivity contribution is 5.96. The van der Waals surface area contributed by atoms with Gasteiger partial charge in [0.25, 0.3) is 0 Å². The van der Waals surface area contributed by atoms with Crippen molar-refractivity contribution in [2.24, 2.45) is 5.73 Å². The van der Waals surface area contributed by atoms with E-state index in [1.807, 2.05) is 30.0 Å². The van der Waals surface area contributed by atoms with Gasteiger partial charge in [-0.25, -0.2) is 0 Å². The lowest BCUT2D eigenvalue weighted by Crippen LogP contribution is -2.24. The first-order valence-corrected chi connectivity index (χ1v) is 5.82. The molecule has 0 aromatic heterocycles. The fourth-order valence-electron chi connectivity index (χ4n) is 2.09. The predicted molar refractivity (Wildman–Crippen MR) is 68.7 cm³/mol. The Morgan fingerprint density at radius 2 is 2.29 bits per heavy atom. The van der Waals surface area contributed by atoms with Crippen LogP contribution in [0.5, 0.6) is 0 Å². The van der Waals surface area contributed by atoms with Crippen molar-refractivity contribution in [2.75, 3.05) is 18.0 Å². The zero-order valence-corrected chi connectivity index (χ0v) is 9.99. The fraction of sp³-hybridized carbons (Fsp3) is 0.357. The summed E-state index contributed by atoms with van der Waals surface area (Å²) < 4.78 is 0. The van der Waals surface area contributed by atoms with Gasteiger partial charge in [-0.2, -0.15) is 0 Å². The van der Waals surface area contributed by atoms with Crippen LogP contribution in [0, 0.1) is 18.8 Å².